The van der Waals surface area contributed by atoms with Crippen molar-refractivity contribution in [2.75, 3.05) is 25.1 Å². The normalized spacial score (nSPS) is 13.0. The van der Waals surface area contributed by atoms with E-state index in [1.165, 1.54) is 0 Å². The van der Waals surface area contributed by atoms with Crippen LogP contribution in [0.5, 0.6) is 5.75 Å². The number of halogens is 1. The van der Waals surface area contributed by atoms with Gasteiger partial charge in [0.2, 0.25) is 0 Å². The second-order valence-corrected chi connectivity index (χ2v) is 9.73. The number of nitrogens with one attached hydrogen (secondary N) is 2. The van der Waals surface area contributed by atoms with Crippen molar-refractivity contribution in [3.8, 4) is 5.75 Å². The molecule has 1 atom stereocenters. The maximum Gasteiger partial charge on any atom is 0.191 e. The Bertz CT molecular complexity index is 721. The van der Waals surface area contributed by atoms with Crippen molar-refractivity contribution in [1.82, 2.24) is 10.6 Å². The lowest BCUT2D eigenvalue weighted by Crippen LogP contribution is -2.39. The quantitative estimate of drug-likeness (QED) is 0.278. The lowest BCUT2D eigenvalue weighted by atomic mass is 10.1. The van der Waals surface area contributed by atoms with Crippen molar-refractivity contribution in [1.29, 1.82) is 0 Å². The average Bonchev–Trinajstić information content (AvgIpc) is 2.58. The minimum absolute atomic E-state index is 0. The molecule has 0 amide bonds. The van der Waals surface area contributed by atoms with E-state index >= 15 is 0 Å². The molecule has 0 bridgehead atoms. The highest BCUT2D eigenvalue weighted by molar-refractivity contribution is 14.0. The topological polar surface area (TPSA) is 79.8 Å². The zero-order valence-electron chi connectivity index (χ0n) is 17.9. The number of aryl methyl sites for hydroxylation is 1. The van der Waals surface area contributed by atoms with Crippen LogP contribution in [0.2, 0.25) is 0 Å². The monoisotopic (exact) mass is 525 g/mol. The van der Waals surface area contributed by atoms with Gasteiger partial charge in [-0.2, -0.15) is 0 Å². The molecular formula is C20H36IN3O3S. The fraction of sp³-hybridized carbons (Fsp3) is 0.650. The molecule has 0 radical (unpaired) electrons. The fourth-order valence-electron chi connectivity index (χ4n) is 2.72. The molecule has 0 aliphatic heterocycles. The first-order valence-electron chi connectivity index (χ1n) is 9.58. The molecule has 28 heavy (non-hydrogen) atoms. The molecule has 0 spiro atoms. The molecule has 1 aromatic carbocycles. The van der Waals surface area contributed by atoms with Gasteiger partial charge >= 0.3 is 0 Å². The predicted molar refractivity (Wildman–Crippen MR) is 129 cm³/mol. The van der Waals surface area contributed by atoms with Gasteiger partial charge in [0.25, 0.3) is 0 Å². The minimum atomic E-state index is -2.99. The highest BCUT2D eigenvalue weighted by Crippen LogP contribution is 2.23. The second-order valence-electron chi connectivity index (χ2n) is 7.26. The Labute approximate surface area is 187 Å². The molecule has 0 aromatic heterocycles. The van der Waals surface area contributed by atoms with Gasteiger partial charge in [-0.1, -0.05) is 32.9 Å². The number of hydrogen-bond donors (Lipinski definition) is 2. The van der Waals surface area contributed by atoms with Crippen LogP contribution in [0.1, 0.15) is 45.2 Å². The van der Waals surface area contributed by atoms with E-state index in [9.17, 15) is 8.42 Å². The third-order valence-electron chi connectivity index (χ3n) is 4.17. The van der Waals surface area contributed by atoms with Gasteiger partial charge in [0, 0.05) is 31.5 Å². The summed E-state index contributed by atoms with van der Waals surface area (Å²) in [6, 6.07) is 6.16. The molecule has 2 N–H and O–H groups in total. The maximum absolute atomic E-state index is 11.6. The molecule has 1 unspecified atom stereocenters. The summed E-state index contributed by atoms with van der Waals surface area (Å²) in [6.07, 6.45) is 1.14. The van der Waals surface area contributed by atoms with Gasteiger partial charge in [-0.3, -0.25) is 4.99 Å². The second kappa shape index (κ2) is 13.2. The van der Waals surface area contributed by atoms with Gasteiger partial charge in [-0.15, -0.1) is 24.0 Å². The van der Waals surface area contributed by atoms with Crippen LogP contribution in [0.25, 0.3) is 0 Å². The van der Waals surface area contributed by atoms with E-state index in [1.807, 2.05) is 6.92 Å². The molecule has 8 heteroatoms. The first-order valence-corrected chi connectivity index (χ1v) is 11.4. The van der Waals surface area contributed by atoms with Gasteiger partial charge in [-0.05, 0) is 37.8 Å². The van der Waals surface area contributed by atoms with Crippen LogP contribution >= 0.6 is 24.0 Å². The molecule has 6 nitrogen and oxygen atoms in total. The van der Waals surface area contributed by atoms with Gasteiger partial charge in [0.05, 0.1) is 11.9 Å². The Hall–Kier alpha value is -1.03. The molecule has 0 saturated carbocycles. The first kappa shape index (κ1) is 27.0. The fourth-order valence-corrected chi connectivity index (χ4v) is 3.42. The number of aliphatic imine (C=N–C) groups is 1. The zero-order chi connectivity index (χ0) is 20.4. The first-order chi connectivity index (χ1) is 12.7. The Morgan fingerprint density at radius 3 is 2.46 bits per heavy atom. The van der Waals surface area contributed by atoms with Crippen LogP contribution in [0.15, 0.2) is 23.2 Å². The van der Waals surface area contributed by atoms with Crippen molar-refractivity contribution in [3.63, 3.8) is 0 Å². The molecule has 0 saturated heterocycles. The minimum Gasteiger partial charge on any atom is -0.490 e. The summed E-state index contributed by atoms with van der Waals surface area (Å²) in [5.41, 5.74) is 2.19. The van der Waals surface area contributed by atoms with E-state index in [-0.39, 0.29) is 41.6 Å². The summed E-state index contributed by atoms with van der Waals surface area (Å²) in [6.45, 7) is 11.0. The molecular weight excluding hydrogens is 489 g/mol. The Morgan fingerprint density at radius 1 is 1.21 bits per heavy atom. The Morgan fingerprint density at radius 2 is 1.89 bits per heavy atom. The molecule has 0 heterocycles. The van der Waals surface area contributed by atoms with Crippen LogP contribution in [0.3, 0.4) is 0 Å². The largest absolute Gasteiger partial charge is 0.490 e. The highest BCUT2D eigenvalue weighted by atomic mass is 127. The number of rotatable bonds is 10. The Balaban J connectivity index is 0.00000729. The van der Waals surface area contributed by atoms with Crippen LogP contribution in [0, 0.1) is 12.8 Å². The Kier molecular flexibility index (Phi) is 12.8. The van der Waals surface area contributed by atoms with E-state index in [0.717, 1.165) is 23.3 Å². The van der Waals surface area contributed by atoms with Crippen LogP contribution in [0.4, 0.5) is 0 Å². The van der Waals surface area contributed by atoms with Gasteiger partial charge in [0.15, 0.2) is 15.8 Å². The van der Waals surface area contributed by atoms with Crippen molar-refractivity contribution in [3.05, 3.63) is 29.3 Å². The smallest absolute Gasteiger partial charge is 0.191 e. The molecule has 0 aliphatic rings. The van der Waals surface area contributed by atoms with Gasteiger partial charge in [-0.25, -0.2) is 8.42 Å². The SMILES string of the molecule is CCS(=O)(=O)CCNC(=NC)NCc1ccc(C)cc1OC(C)CC(C)C.I. The average molecular weight is 525 g/mol. The van der Waals surface area contributed by atoms with E-state index < -0.39 is 9.84 Å². The molecule has 1 rings (SSSR count). The number of hydrogen-bond acceptors (Lipinski definition) is 4. The number of nitrogens with zero attached hydrogens (tertiary/aromatic N) is 1. The maximum atomic E-state index is 11.6. The highest BCUT2D eigenvalue weighted by Gasteiger charge is 2.12. The predicted octanol–water partition coefficient (Wildman–Crippen LogP) is 3.53. The van der Waals surface area contributed by atoms with Gasteiger partial charge in [0.1, 0.15) is 5.75 Å². The molecule has 1 aromatic rings. The summed E-state index contributed by atoms with van der Waals surface area (Å²) in [5.74, 6) is 2.27. The zero-order valence-corrected chi connectivity index (χ0v) is 21.1. The number of sulfone groups is 1. The number of guanidine groups is 1. The van der Waals surface area contributed by atoms with Crippen LogP contribution < -0.4 is 15.4 Å². The van der Waals surface area contributed by atoms with Crippen molar-refractivity contribution in [2.24, 2.45) is 10.9 Å². The van der Waals surface area contributed by atoms with E-state index in [2.05, 4.69) is 54.6 Å². The van der Waals surface area contributed by atoms with Crippen molar-refractivity contribution >= 4 is 39.8 Å². The van der Waals surface area contributed by atoms with Crippen LogP contribution in [-0.2, 0) is 16.4 Å². The van der Waals surface area contributed by atoms with E-state index in [1.54, 1.807) is 14.0 Å². The summed E-state index contributed by atoms with van der Waals surface area (Å²) >= 11 is 0. The van der Waals surface area contributed by atoms with Crippen molar-refractivity contribution in [2.45, 2.75) is 53.7 Å². The van der Waals surface area contributed by atoms with E-state index in [4.69, 9.17) is 4.74 Å². The standard InChI is InChI=1S/C20H35N3O3S.HI/c1-7-27(24,25)11-10-22-20(21-6)23-14-18-9-8-16(4)13-19(18)26-17(5)12-15(2)3;/h8-9,13,15,17H,7,10-12,14H2,1-6H3,(H2,21,22,23);1H. The summed E-state index contributed by atoms with van der Waals surface area (Å²) < 4.78 is 29.3. The molecule has 0 fully saturated rings. The van der Waals surface area contributed by atoms with Gasteiger partial charge < -0.3 is 15.4 Å². The lowest BCUT2D eigenvalue weighted by Gasteiger charge is -2.20. The lowest BCUT2D eigenvalue weighted by molar-refractivity contribution is 0.191. The molecule has 162 valence electrons. The third-order valence-corrected chi connectivity index (χ3v) is 5.88. The number of benzene rings is 1. The summed E-state index contributed by atoms with van der Waals surface area (Å²) in [5, 5.41) is 6.27. The number of ether oxygens (including phenoxy) is 1. The summed E-state index contributed by atoms with van der Waals surface area (Å²) in [4.78, 5) is 4.15. The van der Waals surface area contributed by atoms with E-state index in [0.29, 0.717) is 25.0 Å². The van der Waals surface area contributed by atoms with Crippen molar-refractivity contribution < 1.29 is 13.2 Å². The third kappa shape index (κ3) is 10.5. The summed E-state index contributed by atoms with van der Waals surface area (Å²) in [7, 11) is -1.32. The molecule has 0 aliphatic carbocycles. The van der Waals surface area contributed by atoms with Crippen LogP contribution in [-0.4, -0.2) is 45.6 Å².